The number of hydrogen-bond acceptors (Lipinski definition) is 3. The molecule has 1 heterocycles. The monoisotopic (exact) mass is 317 g/mol. The van der Waals surface area contributed by atoms with Gasteiger partial charge in [0, 0.05) is 16.7 Å². The SMILES string of the molecule is N#Cc1cc(Br)ccc1NC(=O)c1ccc(=O)[nH]c1. The average molecular weight is 318 g/mol. The van der Waals surface area contributed by atoms with Crippen LogP contribution in [0.3, 0.4) is 0 Å². The van der Waals surface area contributed by atoms with Crippen molar-refractivity contribution in [1.29, 1.82) is 5.26 Å². The first-order valence-corrected chi connectivity index (χ1v) is 6.09. The number of H-pyrrole nitrogens is 1. The lowest BCUT2D eigenvalue weighted by molar-refractivity contribution is 0.102. The van der Waals surface area contributed by atoms with Gasteiger partial charge in [-0.05, 0) is 24.3 Å². The van der Waals surface area contributed by atoms with Gasteiger partial charge in [0.1, 0.15) is 6.07 Å². The van der Waals surface area contributed by atoms with Gasteiger partial charge in [-0.3, -0.25) is 9.59 Å². The van der Waals surface area contributed by atoms with Crippen LogP contribution in [0.1, 0.15) is 15.9 Å². The van der Waals surface area contributed by atoms with Crippen LogP contribution in [0.2, 0.25) is 0 Å². The third-order valence-electron chi connectivity index (χ3n) is 2.40. The summed E-state index contributed by atoms with van der Waals surface area (Å²) in [6.45, 7) is 0. The molecule has 0 aliphatic rings. The van der Waals surface area contributed by atoms with E-state index >= 15 is 0 Å². The average Bonchev–Trinajstić information content (AvgIpc) is 2.41. The Balaban J connectivity index is 2.27. The van der Waals surface area contributed by atoms with Gasteiger partial charge >= 0.3 is 0 Å². The summed E-state index contributed by atoms with van der Waals surface area (Å²) in [5.41, 5.74) is 0.804. The Hall–Kier alpha value is -2.39. The van der Waals surface area contributed by atoms with Crippen LogP contribution in [0.4, 0.5) is 5.69 Å². The maximum Gasteiger partial charge on any atom is 0.257 e. The van der Waals surface area contributed by atoms with Crippen molar-refractivity contribution in [1.82, 2.24) is 4.98 Å². The number of nitriles is 1. The summed E-state index contributed by atoms with van der Waals surface area (Å²) in [4.78, 5) is 25.2. The number of nitrogens with zero attached hydrogens (tertiary/aromatic N) is 1. The molecule has 0 unspecified atom stereocenters. The van der Waals surface area contributed by atoms with E-state index in [1.165, 1.54) is 18.3 Å². The molecular formula is C13H8BrN3O2. The first kappa shape index (κ1) is 13.1. The van der Waals surface area contributed by atoms with E-state index < -0.39 is 5.91 Å². The van der Waals surface area contributed by atoms with Gasteiger partial charge in [0.2, 0.25) is 5.56 Å². The van der Waals surface area contributed by atoms with E-state index in [1.54, 1.807) is 18.2 Å². The summed E-state index contributed by atoms with van der Waals surface area (Å²) in [7, 11) is 0. The van der Waals surface area contributed by atoms with Gasteiger partial charge in [0.05, 0.1) is 16.8 Å². The number of halogens is 1. The van der Waals surface area contributed by atoms with Crippen LogP contribution < -0.4 is 10.9 Å². The normalized spacial score (nSPS) is 9.68. The molecule has 0 bridgehead atoms. The van der Waals surface area contributed by atoms with Crippen molar-refractivity contribution in [2.24, 2.45) is 0 Å². The molecule has 0 spiro atoms. The zero-order valence-electron chi connectivity index (χ0n) is 9.61. The Morgan fingerprint density at radius 2 is 2.11 bits per heavy atom. The number of hydrogen-bond donors (Lipinski definition) is 2. The van der Waals surface area contributed by atoms with Crippen LogP contribution in [0.25, 0.3) is 0 Å². The fraction of sp³-hybridized carbons (Fsp3) is 0. The molecule has 2 rings (SSSR count). The van der Waals surface area contributed by atoms with Gasteiger partial charge < -0.3 is 10.3 Å². The molecule has 19 heavy (non-hydrogen) atoms. The molecule has 0 radical (unpaired) electrons. The van der Waals surface area contributed by atoms with E-state index in [4.69, 9.17) is 5.26 Å². The van der Waals surface area contributed by atoms with E-state index in [0.29, 0.717) is 16.8 Å². The molecule has 1 aromatic heterocycles. The van der Waals surface area contributed by atoms with Crippen molar-refractivity contribution in [3.05, 3.63) is 62.5 Å². The molecule has 0 aliphatic heterocycles. The molecule has 0 fully saturated rings. The Morgan fingerprint density at radius 1 is 1.32 bits per heavy atom. The number of nitrogens with one attached hydrogen (secondary N) is 2. The summed E-state index contributed by atoms with van der Waals surface area (Å²) in [6.07, 6.45) is 1.32. The minimum absolute atomic E-state index is 0.280. The van der Waals surface area contributed by atoms with Crippen LogP contribution in [0, 0.1) is 11.3 Å². The molecular weight excluding hydrogens is 310 g/mol. The summed E-state index contributed by atoms with van der Waals surface area (Å²) >= 11 is 3.25. The van der Waals surface area contributed by atoms with Gasteiger partial charge in [-0.1, -0.05) is 15.9 Å². The van der Waals surface area contributed by atoms with Gasteiger partial charge in [0.15, 0.2) is 0 Å². The first-order valence-electron chi connectivity index (χ1n) is 5.30. The van der Waals surface area contributed by atoms with Crippen LogP contribution in [0.5, 0.6) is 0 Å². The third-order valence-corrected chi connectivity index (χ3v) is 2.89. The second-order valence-corrected chi connectivity index (χ2v) is 4.61. The lowest BCUT2D eigenvalue weighted by Crippen LogP contribution is -2.15. The lowest BCUT2D eigenvalue weighted by atomic mass is 10.2. The van der Waals surface area contributed by atoms with Crippen molar-refractivity contribution in [2.45, 2.75) is 0 Å². The fourth-order valence-corrected chi connectivity index (χ4v) is 1.83. The van der Waals surface area contributed by atoms with Crippen molar-refractivity contribution in [3.8, 4) is 6.07 Å². The summed E-state index contributed by atoms with van der Waals surface area (Å²) < 4.78 is 0.756. The van der Waals surface area contributed by atoms with E-state index in [9.17, 15) is 9.59 Å². The minimum Gasteiger partial charge on any atom is -0.328 e. The molecule has 1 amide bonds. The molecule has 0 atom stereocenters. The molecule has 0 saturated heterocycles. The number of anilines is 1. The van der Waals surface area contributed by atoms with E-state index in [2.05, 4.69) is 26.2 Å². The highest BCUT2D eigenvalue weighted by molar-refractivity contribution is 9.10. The molecule has 0 saturated carbocycles. The molecule has 94 valence electrons. The number of carbonyl (C=O) groups excluding carboxylic acids is 1. The first-order chi connectivity index (χ1) is 9.10. The molecule has 5 nitrogen and oxygen atoms in total. The van der Waals surface area contributed by atoms with E-state index in [-0.39, 0.29) is 5.56 Å². The van der Waals surface area contributed by atoms with Crippen LogP contribution >= 0.6 is 15.9 Å². The minimum atomic E-state index is -0.393. The maximum atomic E-state index is 11.9. The highest BCUT2D eigenvalue weighted by Crippen LogP contribution is 2.20. The number of aromatic amines is 1. The van der Waals surface area contributed by atoms with Crippen molar-refractivity contribution < 1.29 is 4.79 Å². The molecule has 1 aromatic carbocycles. The second-order valence-electron chi connectivity index (χ2n) is 3.70. The Morgan fingerprint density at radius 3 is 2.74 bits per heavy atom. The maximum absolute atomic E-state index is 11.9. The van der Waals surface area contributed by atoms with Crippen LogP contribution in [-0.2, 0) is 0 Å². The lowest BCUT2D eigenvalue weighted by Gasteiger charge is -2.07. The van der Waals surface area contributed by atoms with E-state index in [1.807, 2.05) is 6.07 Å². The molecule has 0 aliphatic carbocycles. The smallest absolute Gasteiger partial charge is 0.257 e. The number of amides is 1. The predicted octanol–water partition coefficient (Wildman–Crippen LogP) is 2.26. The van der Waals surface area contributed by atoms with Crippen LogP contribution in [-0.4, -0.2) is 10.9 Å². The Kier molecular flexibility index (Phi) is 3.78. The quantitative estimate of drug-likeness (QED) is 0.890. The van der Waals surface area contributed by atoms with Crippen molar-refractivity contribution >= 4 is 27.5 Å². The summed E-state index contributed by atoms with van der Waals surface area (Å²) in [5, 5.41) is 11.6. The largest absolute Gasteiger partial charge is 0.328 e. The number of carbonyl (C=O) groups is 1. The number of rotatable bonds is 2. The predicted molar refractivity (Wildman–Crippen MR) is 73.9 cm³/mol. The van der Waals surface area contributed by atoms with Gasteiger partial charge in [-0.2, -0.15) is 5.26 Å². The third kappa shape index (κ3) is 3.09. The second kappa shape index (κ2) is 5.50. The number of benzene rings is 1. The topological polar surface area (TPSA) is 85.8 Å². The van der Waals surface area contributed by atoms with Gasteiger partial charge in [0.25, 0.3) is 5.91 Å². The zero-order valence-corrected chi connectivity index (χ0v) is 11.2. The molecule has 2 aromatic rings. The summed E-state index contributed by atoms with van der Waals surface area (Å²) in [6, 6.07) is 9.65. The van der Waals surface area contributed by atoms with E-state index in [0.717, 1.165) is 4.47 Å². The number of pyridine rings is 1. The fourth-order valence-electron chi connectivity index (χ4n) is 1.46. The Bertz CT molecular complexity index is 711. The molecule has 2 N–H and O–H groups in total. The van der Waals surface area contributed by atoms with Gasteiger partial charge in [-0.25, -0.2) is 0 Å². The highest BCUT2D eigenvalue weighted by atomic mass is 79.9. The standard InChI is InChI=1S/C13H8BrN3O2/c14-10-2-3-11(9(5-10)6-15)17-13(19)8-1-4-12(18)16-7-8/h1-5,7H,(H,16,18)(H,17,19). The molecule has 6 heteroatoms. The Labute approximate surface area is 117 Å². The number of aromatic nitrogens is 1. The van der Waals surface area contributed by atoms with Crippen molar-refractivity contribution in [3.63, 3.8) is 0 Å². The zero-order chi connectivity index (χ0) is 13.8. The summed E-state index contributed by atoms with van der Waals surface area (Å²) in [5.74, 6) is -0.393. The van der Waals surface area contributed by atoms with Crippen LogP contribution in [0.15, 0.2) is 45.8 Å². The highest BCUT2D eigenvalue weighted by Gasteiger charge is 2.09. The van der Waals surface area contributed by atoms with Gasteiger partial charge in [-0.15, -0.1) is 0 Å². The van der Waals surface area contributed by atoms with Crippen molar-refractivity contribution in [2.75, 3.05) is 5.32 Å².